The fraction of sp³-hybridized carbons (Fsp3) is 0.929. The molecule has 4 unspecified atom stereocenters. The Morgan fingerprint density at radius 1 is 1.44 bits per heavy atom. The number of nitrogens with two attached hydrogens (primary N) is 1. The van der Waals surface area contributed by atoms with E-state index in [9.17, 15) is 4.79 Å². The Kier molecular flexibility index (Phi) is 4.62. The number of hydrogen-bond acceptors (Lipinski definition) is 3. The Morgan fingerprint density at radius 2 is 2.22 bits per heavy atom. The summed E-state index contributed by atoms with van der Waals surface area (Å²) < 4.78 is 5.47. The molecule has 4 heteroatoms. The van der Waals surface area contributed by atoms with E-state index in [1.165, 1.54) is 0 Å². The zero-order valence-electron chi connectivity index (χ0n) is 11.6. The van der Waals surface area contributed by atoms with E-state index < -0.39 is 0 Å². The maximum absolute atomic E-state index is 12.7. The number of rotatable bonds is 2. The molecule has 0 aromatic rings. The van der Waals surface area contributed by atoms with E-state index >= 15 is 0 Å². The number of carbonyl (C=O) groups excluding carboxylic acids is 1. The summed E-state index contributed by atoms with van der Waals surface area (Å²) in [4.78, 5) is 14.8. The molecule has 0 aromatic carbocycles. The first-order valence-corrected chi connectivity index (χ1v) is 7.29. The van der Waals surface area contributed by atoms with Gasteiger partial charge in [0, 0.05) is 12.6 Å². The lowest BCUT2D eigenvalue weighted by Crippen LogP contribution is -2.55. The lowest BCUT2D eigenvalue weighted by Gasteiger charge is -2.41. The van der Waals surface area contributed by atoms with Gasteiger partial charge in [-0.3, -0.25) is 4.79 Å². The molecule has 1 saturated heterocycles. The van der Waals surface area contributed by atoms with Gasteiger partial charge < -0.3 is 15.4 Å². The van der Waals surface area contributed by atoms with E-state index in [0.717, 1.165) is 32.2 Å². The highest BCUT2D eigenvalue weighted by atomic mass is 16.5. The van der Waals surface area contributed by atoms with Crippen molar-refractivity contribution < 1.29 is 9.53 Å². The van der Waals surface area contributed by atoms with Gasteiger partial charge in [-0.05, 0) is 25.2 Å². The fourth-order valence-corrected chi connectivity index (χ4v) is 3.36. The molecule has 1 aliphatic carbocycles. The molecular weight excluding hydrogens is 228 g/mol. The molecule has 4 atom stereocenters. The van der Waals surface area contributed by atoms with Crippen molar-refractivity contribution in [1.29, 1.82) is 0 Å². The number of nitrogens with zero attached hydrogens (tertiary/aromatic N) is 1. The van der Waals surface area contributed by atoms with Crippen molar-refractivity contribution in [3.05, 3.63) is 0 Å². The Bertz CT molecular complexity index is 286. The summed E-state index contributed by atoms with van der Waals surface area (Å²) in [6.07, 6.45) is 4.24. The molecule has 1 saturated carbocycles. The first-order chi connectivity index (χ1) is 8.65. The van der Waals surface area contributed by atoms with Crippen molar-refractivity contribution in [2.45, 2.75) is 51.6 Å². The van der Waals surface area contributed by atoms with Gasteiger partial charge in [0.1, 0.15) is 0 Å². The van der Waals surface area contributed by atoms with Crippen molar-refractivity contribution >= 4 is 5.91 Å². The predicted octanol–water partition coefficient (Wildman–Crippen LogP) is 1.39. The fourth-order valence-electron chi connectivity index (χ4n) is 3.36. The minimum Gasteiger partial charge on any atom is -0.377 e. The van der Waals surface area contributed by atoms with Gasteiger partial charge in [0.2, 0.25) is 5.91 Å². The van der Waals surface area contributed by atoms with Crippen LogP contribution in [0.2, 0.25) is 0 Å². The molecule has 2 N–H and O–H groups in total. The molecule has 2 aliphatic rings. The smallest absolute Gasteiger partial charge is 0.227 e. The average molecular weight is 254 g/mol. The van der Waals surface area contributed by atoms with E-state index in [2.05, 4.69) is 13.8 Å². The lowest BCUT2D eigenvalue weighted by molar-refractivity contribution is -0.147. The monoisotopic (exact) mass is 254 g/mol. The molecule has 4 nitrogen and oxygen atoms in total. The first kappa shape index (κ1) is 13.8. The maximum Gasteiger partial charge on any atom is 0.227 e. The summed E-state index contributed by atoms with van der Waals surface area (Å²) in [5, 5.41) is 0. The summed E-state index contributed by atoms with van der Waals surface area (Å²) in [5.74, 6) is 0.706. The summed E-state index contributed by atoms with van der Waals surface area (Å²) in [6, 6.07) is 0.286. The van der Waals surface area contributed by atoms with Crippen LogP contribution < -0.4 is 5.73 Å². The third-order valence-corrected chi connectivity index (χ3v) is 4.54. The molecule has 1 amide bonds. The Morgan fingerprint density at radius 3 is 2.89 bits per heavy atom. The van der Waals surface area contributed by atoms with Crippen LogP contribution in [0.3, 0.4) is 0 Å². The largest absolute Gasteiger partial charge is 0.377 e. The summed E-state index contributed by atoms with van der Waals surface area (Å²) in [6.45, 7) is 6.36. The van der Waals surface area contributed by atoms with E-state index in [1.54, 1.807) is 0 Å². The van der Waals surface area contributed by atoms with E-state index in [-0.39, 0.29) is 23.9 Å². The van der Waals surface area contributed by atoms with Gasteiger partial charge >= 0.3 is 0 Å². The number of hydrogen-bond donors (Lipinski definition) is 1. The third-order valence-electron chi connectivity index (χ3n) is 4.54. The van der Waals surface area contributed by atoms with Gasteiger partial charge in [-0.25, -0.2) is 0 Å². The van der Waals surface area contributed by atoms with Crippen LogP contribution in [-0.2, 0) is 9.53 Å². The first-order valence-electron chi connectivity index (χ1n) is 7.29. The zero-order valence-corrected chi connectivity index (χ0v) is 11.6. The van der Waals surface area contributed by atoms with Crippen LogP contribution in [0.25, 0.3) is 0 Å². The van der Waals surface area contributed by atoms with Crippen LogP contribution in [0, 0.1) is 11.8 Å². The van der Waals surface area contributed by atoms with Crippen LogP contribution in [0.15, 0.2) is 0 Å². The topological polar surface area (TPSA) is 55.6 Å². The second-order valence-corrected chi connectivity index (χ2v) is 5.77. The molecule has 1 aliphatic heterocycles. The normalized spacial score (nSPS) is 37.6. The molecule has 18 heavy (non-hydrogen) atoms. The second-order valence-electron chi connectivity index (χ2n) is 5.77. The van der Waals surface area contributed by atoms with Crippen LogP contribution in [0.4, 0.5) is 0 Å². The van der Waals surface area contributed by atoms with Crippen molar-refractivity contribution in [3.8, 4) is 0 Å². The molecule has 2 rings (SSSR count). The van der Waals surface area contributed by atoms with Crippen molar-refractivity contribution in [3.63, 3.8) is 0 Å². The molecule has 0 bridgehead atoms. The van der Waals surface area contributed by atoms with Crippen molar-refractivity contribution in [1.82, 2.24) is 4.90 Å². The quantitative estimate of drug-likeness (QED) is 0.810. The van der Waals surface area contributed by atoms with Gasteiger partial charge in [0.25, 0.3) is 0 Å². The van der Waals surface area contributed by atoms with Gasteiger partial charge in [-0.15, -0.1) is 0 Å². The predicted molar refractivity (Wildman–Crippen MR) is 71.1 cm³/mol. The Labute approximate surface area is 110 Å². The molecule has 104 valence electrons. The zero-order chi connectivity index (χ0) is 13.1. The van der Waals surface area contributed by atoms with E-state index in [0.29, 0.717) is 19.1 Å². The SMILES string of the molecule is CCC1COCCN1C(=O)C1C(C)CCCC1N. The summed E-state index contributed by atoms with van der Waals surface area (Å²) in [5.41, 5.74) is 6.19. The standard InChI is InChI=1S/C14H26N2O2/c1-3-11-9-18-8-7-16(11)14(17)13-10(2)5-4-6-12(13)15/h10-13H,3-9,15H2,1-2H3. The van der Waals surface area contributed by atoms with Crippen LogP contribution in [0.5, 0.6) is 0 Å². The summed E-state index contributed by atoms with van der Waals surface area (Å²) >= 11 is 0. The molecular formula is C14H26N2O2. The van der Waals surface area contributed by atoms with Crippen LogP contribution >= 0.6 is 0 Å². The number of ether oxygens (including phenoxy) is 1. The van der Waals surface area contributed by atoms with Crippen molar-refractivity contribution in [2.24, 2.45) is 17.6 Å². The molecule has 0 aromatic heterocycles. The van der Waals surface area contributed by atoms with E-state index in [4.69, 9.17) is 10.5 Å². The number of morpholine rings is 1. The molecule has 0 spiro atoms. The number of carbonyl (C=O) groups is 1. The van der Waals surface area contributed by atoms with Crippen LogP contribution in [0.1, 0.15) is 39.5 Å². The maximum atomic E-state index is 12.7. The minimum absolute atomic E-state index is 0.0194. The van der Waals surface area contributed by atoms with Crippen molar-refractivity contribution in [2.75, 3.05) is 19.8 Å². The van der Waals surface area contributed by atoms with Crippen LogP contribution in [-0.4, -0.2) is 42.6 Å². The van der Waals surface area contributed by atoms with Gasteiger partial charge in [0.05, 0.1) is 25.2 Å². The Balaban J connectivity index is 2.08. The Hall–Kier alpha value is -0.610. The highest BCUT2D eigenvalue weighted by Gasteiger charge is 2.38. The van der Waals surface area contributed by atoms with Gasteiger partial charge in [0.15, 0.2) is 0 Å². The highest BCUT2D eigenvalue weighted by molar-refractivity contribution is 5.80. The lowest BCUT2D eigenvalue weighted by atomic mass is 9.76. The van der Waals surface area contributed by atoms with Gasteiger partial charge in [-0.1, -0.05) is 20.3 Å². The van der Waals surface area contributed by atoms with Gasteiger partial charge in [-0.2, -0.15) is 0 Å². The third kappa shape index (κ3) is 2.69. The second kappa shape index (κ2) is 6.02. The molecule has 1 heterocycles. The summed E-state index contributed by atoms with van der Waals surface area (Å²) in [7, 11) is 0. The van der Waals surface area contributed by atoms with E-state index in [1.807, 2.05) is 4.90 Å². The average Bonchev–Trinajstić information content (AvgIpc) is 2.38. The minimum atomic E-state index is 0.0194. The molecule has 0 radical (unpaired) electrons. The number of amides is 1. The highest BCUT2D eigenvalue weighted by Crippen LogP contribution is 2.31. The molecule has 2 fully saturated rings.